The van der Waals surface area contributed by atoms with Crippen molar-refractivity contribution in [2.75, 3.05) is 13.1 Å². The van der Waals surface area contributed by atoms with Crippen LogP contribution in [0.5, 0.6) is 0 Å². The number of halogens is 4. The summed E-state index contributed by atoms with van der Waals surface area (Å²) < 4.78 is 62.9. The van der Waals surface area contributed by atoms with Crippen LogP contribution in [0, 0.1) is 0 Å². The number of nitrogens with zero attached hydrogens (tertiary/aromatic N) is 1. The van der Waals surface area contributed by atoms with Crippen LogP contribution in [0.15, 0.2) is 33.6 Å². The van der Waals surface area contributed by atoms with Gasteiger partial charge in [-0.05, 0) is 34.5 Å². The molecular weight excluding hydrogens is 389 g/mol. The lowest BCUT2D eigenvalue weighted by molar-refractivity contribution is -0.174. The van der Waals surface area contributed by atoms with E-state index in [1.54, 1.807) is 23.5 Å². The number of hydrogen-bond acceptors (Lipinski definition) is 3. The molecule has 1 saturated heterocycles. The maximum Gasteiger partial charge on any atom is 0.471 e. The topological polar surface area (TPSA) is 66.5 Å². The molecule has 1 aliphatic rings. The third-order valence-corrected chi connectivity index (χ3v) is 6.08. The van der Waals surface area contributed by atoms with Crippen molar-refractivity contribution in [2.45, 2.75) is 23.5 Å². The van der Waals surface area contributed by atoms with Crippen molar-refractivity contribution in [3.63, 3.8) is 0 Å². The van der Waals surface area contributed by atoms with Crippen LogP contribution in [-0.4, -0.2) is 43.9 Å². The monoisotopic (exact) mass is 400 g/mol. The highest BCUT2D eigenvalue weighted by atomic mass is 79.9. The van der Waals surface area contributed by atoms with Crippen LogP contribution < -0.4 is 5.32 Å². The van der Waals surface area contributed by atoms with Crippen molar-refractivity contribution >= 4 is 31.9 Å². The van der Waals surface area contributed by atoms with E-state index in [9.17, 15) is 26.4 Å². The summed E-state index contributed by atoms with van der Waals surface area (Å²) in [5, 5.41) is 1.81. The summed E-state index contributed by atoms with van der Waals surface area (Å²) in [6.45, 7) is -0.141. The Hall–Kier alpha value is -1.13. The molecule has 0 saturated carbocycles. The van der Waals surface area contributed by atoms with Crippen molar-refractivity contribution in [1.82, 2.24) is 9.62 Å². The number of benzene rings is 1. The Balaban J connectivity index is 2.10. The average Bonchev–Trinajstić information content (AvgIpc) is 2.87. The van der Waals surface area contributed by atoms with E-state index in [0.29, 0.717) is 4.47 Å². The van der Waals surface area contributed by atoms with E-state index in [2.05, 4.69) is 15.9 Å². The number of amides is 1. The maximum atomic E-state index is 12.4. The van der Waals surface area contributed by atoms with Gasteiger partial charge in [-0.25, -0.2) is 8.42 Å². The third-order valence-electron chi connectivity index (χ3n) is 3.20. The second-order valence-corrected chi connectivity index (χ2v) is 7.51. The smallest absolute Gasteiger partial charge is 0.344 e. The minimum Gasteiger partial charge on any atom is -0.344 e. The molecule has 1 atom stereocenters. The minimum absolute atomic E-state index is 0.0396. The van der Waals surface area contributed by atoms with Gasteiger partial charge < -0.3 is 5.32 Å². The highest BCUT2D eigenvalue weighted by Crippen LogP contribution is 2.27. The van der Waals surface area contributed by atoms with Crippen molar-refractivity contribution in [3.05, 3.63) is 28.7 Å². The molecule has 1 aliphatic heterocycles. The zero-order valence-corrected chi connectivity index (χ0v) is 13.5. The Morgan fingerprint density at radius 1 is 1.32 bits per heavy atom. The average molecular weight is 401 g/mol. The first kappa shape index (κ1) is 17.2. The second kappa shape index (κ2) is 6.17. The second-order valence-electron chi connectivity index (χ2n) is 4.75. The van der Waals surface area contributed by atoms with Crippen molar-refractivity contribution < 1.29 is 26.4 Å². The highest BCUT2D eigenvalue weighted by molar-refractivity contribution is 9.10. The number of alkyl halides is 3. The van der Waals surface area contributed by atoms with Crippen LogP contribution in [0.25, 0.3) is 0 Å². The number of carbonyl (C=O) groups excluding carboxylic acids is 1. The molecule has 22 heavy (non-hydrogen) atoms. The molecule has 1 aromatic carbocycles. The van der Waals surface area contributed by atoms with Crippen LogP contribution in [0.2, 0.25) is 0 Å². The summed E-state index contributed by atoms with van der Waals surface area (Å²) in [7, 11) is -3.82. The highest BCUT2D eigenvalue weighted by Gasteiger charge is 2.42. The van der Waals surface area contributed by atoms with Gasteiger partial charge in [-0.15, -0.1) is 0 Å². The van der Waals surface area contributed by atoms with Gasteiger partial charge in [0.1, 0.15) is 0 Å². The molecule has 122 valence electrons. The normalized spacial score (nSPS) is 20.1. The van der Waals surface area contributed by atoms with E-state index in [-0.39, 0.29) is 24.4 Å². The van der Waals surface area contributed by atoms with E-state index >= 15 is 0 Å². The predicted octanol–water partition coefficient (Wildman–Crippen LogP) is 1.89. The lowest BCUT2D eigenvalue weighted by Gasteiger charge is -2.18. The van der Waals surface area contributed by atoms with Crippen LogP contribution in [0.1, 0.15) is 6.42 Å². The Bertz CT molecular complexity index is 678. The van der Waals surface area contributed by atoms with E-state index in [1.165, 1.54) is 6.07 Å². The quantitative estimate of drug-likeness (QED) is 0.842. The first-order valence-corrected chi connectivity index (χ1v) is 8.48. The molecule has 0 radical (unpaired) electrons. The molecule has 5 nitrogen and oxygen atoms in total. The predicted molar refractivity (Wildman–Crippen MR) is 75.5 cm³/mol. The van der Waals surface area contributed by atoms with E-state index in [1.807, 2.05) is 0 Å². The molecule has 0 aromatic heterocycles. The number of rotatable bonds is 3. The third kappa shape index (κ3) is 3.61. The van der Waals surface area contributed by atoms with Gasteiger partial charge in [0, 0.05) is 23.6 Å². The summed E-state index contributed by atoms with van der Waals surface area (Å²) in [6.07, 6.45) is -4.85. The van der Waals surface area contributed by atoms with Gasteiger partial charge >= 0.3 is 12.1 Å². The van der Waals surface area contributed by atoms with E-state index in [0.717, 1.165) is 4.31 Å². The molecule has 1 fully saturated rings. The van der Waals surface area contributed by atoms with Gasteiger partial charge in [-0.2, -0.15) is 17.5 Å². The molecule has 1 unspecified atom stereocenters. The molecule has 1 N–H and O–H groups in total. The molecular formula is C12H12BrF3N2O3S. The summed E-state index contributed by atoms with van der Waals surface area (Å²) in [5.41, 5.74) is 0. The summed E-state index contributed by atoms with van der Waals surface area (Å²) in [4.78, 5) is 10.9. The fraction of sp³-hybridized carbons (Fsp3) is 0.417. The first-order chi connectivity index (χ1) is 10.1. The molecule has 2 rings (SSSR count). The molecule has 0 bridgehead atoms. The molecule has 10 heteroatoms. The summed E-state index contributed by atoms with van der Waals surface area (Å²) >= 11 is 3.14. The van der Waals surface area contributed by atoms with Gasteiger partial charge in [-0.3, -0.25) is 4.79 Å². The van der Waals surface area contributed by atoms with Crippen molar-refractivity contribution in [2.24, 2.45) is 0 Å². The zero-order valence-electron chi connectivity index (χ0n) is 11.1. The number of carbonyl (C=O) groups is 1. The van der Waals surface area contributed by atoms with Gasteiger partial charge in [0.25, 0.3) is 0 Å². The molecule has 1 aromatic rings. The van der Waals surface area contributed by atoms with Crippen LogP contribution in [0.4, 0.5) is 13.2 Å². The van der Waals surface area contributed by atoms with Gasteiger partial charge in [0.2, 0.25) is 10.0 Å². The Kier molecular flexibility index (Phi) is 4.83. The van der Waals surface area contributed by atoms with Crippen LogP contribution in [-0.2, 0) is 14.8 Å². The first-order valence-electron chi connectivity index (χ1n) is 6.25. The van der Waals surface area contributed by atoms with Crippen LogP contribution >= 0.6 is 15.9 Å². The van der Waals surface area contributed by atoms with Crippen LogP contribution in [0.3, 0.4) is 0 Å². The van der Waals surface area contributed by atoms with Crippen molar-refractivity contribution in [1.29, 1.82) is 0 Å². The summed E-state index contributed by atoms with van der Waals surface area (Å²) in [5.74, 6) is -2.06. The Labute approximate surface area is 133 Å². The standard InChI is InChI=1S/C12H12BrF3N2O3S/c13-9-3-1-2-4-10(9)22(20,21)18-6-5-8(7-18)17-11(19)12(14,15)16/h1-4,8H,5-7H2,(H,17,19). The van der Waals surface area contributed by atoms with Gasteiger partial charge in [0.05, 0.1) is 4.90 Å². The Morgan fingerprint density at radius 3 is 2.55 bits per heavy atom. The minimum atomic E-state index is -4.98. The largest absolute Gasteiger partial charge is 0.471 e. The zero-order chi connectivity index (χ0) is 16.5. The number of hydrogen-bond donors (Lipinski definition) is 1. The number of nitrogens with one attached hydrogen (secondary N) is 1. The van der Waals surface area contributed by atoms with E-state index < -0.39 is 28.1 Å². The number of sulfonamides is 1. The fourth-order valence-electron chi connectivity index (χ4n) is 2.12. The Morgan fingerprint density at radius 2 is 1.95 bits per heavy atom. The van der Waals surface area contributed by atoms with Gasteiger partial charge in [0.15, 0.2) is 0 Å². The van der Waals surface area contributed by atoms with Gasteiger partial charge in [-0.1, -0.05) is 12.1 Å². The van der Waals surface area contributed by atoms with E-state index in [4.69, 9.17) is 0 Å². The fourth-order valence-corrected chi connectivity index (χ4v) is 4.59. The molecule has 0 aliphatic carbocycles. The lowest BCUT2D eigenvalue weighted by Crippen LogP contribution is -2.44. The SMILES string of the molecule is O=C(NC1CCN(S(=O)(=O)c2ccccc2Br)C1)C(F)(F)F. The lowest BCUT2D eigenvalue weighted by atomic mass is 10.2. The van der Waals surface area contributed by atoms with Crippen molar-refractivity contribution in [3.8, 4) is 0 Å². The molecule has 1 heterocycles. The maximum absolute atomic E-state index is 12.4. The molecule has 0 spiro atoms. The molecule has 1 amide bonds. The summed E-state index contributed by atoms with van der Waals surface area (Å²) in [6, 6.07) is 5.31.